The van der Waals surface area contributed by atoms with Crippen molar-refractivity contribution < 1.29 is 0 Å². The number of likely N-dealkylation sites (N-methyl/N-ethyl adjacent to an activating group) is 1. The summed E-state index contributed by atoms with van der Waals surface area (Å²) in [5.74, 6) is 1.76. The predicted octanol–water partition coefficient (Wildman–Crippen LogP) is 5.12. The van der Waals surface area contributed by atoms with Gasteiger partial charge in [0.15, 0.2) is 0 Å². The molecule has 2 aromatic rings. The molecular weight excluding hydrogens is 298 g/mol. The van der Waals surface area contributed by atoms with Crippen LogP contribution in [0.3, 0.4) is 0 Å². The highest BCUT2D eigenvalue weighted by Gasteiger charge is 2.35. The number of benzene rings is 1. The molecule has 1 aromatic carbocycles. The number of allylic oxidation sites excluding steroid dienone is 1. The Hall–Kier alpha value is -0.830. The van der Waals surface area contributed by atoms with Crippen LogP contribution < -0.4 is 5.32 Å². The van der Waals surface area contributed by atoms with E-state index in [1.54, 1.807) is 11.1 Å². The first kappa shape index (κ1) is 15.1. The number of nitrogens with one attached hydrogen (secondary N) is 1. The maximum atomic E-state index is 3.39. The molecule has 3 heteroatoms. The second kappa shape index (κ2) is 6.12. The lowest BCUT2D eigenvalue weighted by Gasteiger charge is -2.27. The summed E-state index contributed by atoms with van der Waals surface area (Å²) in [5.41, 5.74) is 4.88. The van der Waals surface area contributed by atoms with Gasteiger partial charge in [-0.2, -0.15) is 0 Å². The van der Waals surface area contributed by atoms with Crippen molar-refractivity contribution in [2.24, 2.45) is 11.8 Å². The second-order valence-electron chi connectivity index (χ2n) is 6.27. The zero-order valence-electron chi connectivity index (χ0n) is 12.4. The summed E-state index contributed by atoms with van der Waals surface area (Å²) in [6.07, 6.45) is 5.57. The summed E-state index contributed by atoms with van der Waals surface area (Å²) < 4.78 is 1.49. The van der Waals surface area contributed by atoms with Crippen molar-refractivity contribution in [3.8, 4) is 0 Å². The van der Waals surface area contributed by atoms with E-state index in [9.17, 15) is 0 Å². The molecule has 2 aliphatic rings. The number of thiophene rings is 1. The highest BCUT2D eigenvalue weighted by atomic mass is 35.5. The van der Waals surface area contributed by atoms with Gasteiger partial charge in [0.25, 0.3) is 0 Å². The fourth-order valence-corrected chi connectivity index (χ4v) is 5.19. The summed E-state index contributed by atoms with van der Waals surface area (Å²) in [4.78, 5) is 0. The minimum Gasteiger partial charge on any atom is -0.316 e. The van der Waals surface area contributed by atoms with Crippen molar-refractivity contribution in [1.29, 1.82) is 0 Å². The van der Waals surface area contributed by atoms with Crippen LogP contribution in [0.4, 0.5) is 0 Å². The Balaban J connectivity index is 0.00000132. The van der Waals surface area contributed by atoms with Crippen molar-refractivity contribution in [2.75, 3.05) is 13.6 Å². The van der Waals surface area contributed by atoms with Crippen molar-refractivity contribution in [2.45, 2.75) is 25.7 Å². The van der Waals surface area contributed by atoms with Crippen LogP contribution in [0.5, 0.6) is 0 Å². The third-order valence-electron chi connectivity index (χ3n) is 5.02. The van der Waals surface area contributed by atoms with Crippen LogP contribution in [0.2, 0.25) is 0 Å². The summed E-state index contributed by atoms with van der Waals surface area (Å²) >= 11 is 1.90. The average Bonchev–Trinajstić information content (AvgIpc) is 3.07. The van der Waals surface area contributed by atoms with Gasteiger partial charge in [0.05, 0.1) is 0 Å². The molecule has 1 fully saturated rings. The fourth-order valence-electron chi connectivity index (χ4n) is 4.27. The largest absolute Gasteiger partial charge is 0.316 e. The SMILES string of the molecule is CNCC1=C(c2cccc3ccsc23)[C@H]2CCC(C1)C2.Cl. The highest BCUT2D eigenvalue weighted by molar-refractivity contribution is 7.17. The maximum absolute atomic E-state index is 3.39. The molecule has 0 amide bonds. The molecule has 2 atom stereocenters. The Morgan fingerprint density at radius 2 is 2.14 bits per heavy atom. The van der Waals surface area contributed by atoms with E-state index in [1.807, 2.05) is 11.3 Å². The molecule has 0 saturated heterocycles. The van der Waals surface area contributed by atoms with Gasteiger partial charge in [-0.1, -0.05) is 23.8 Å². The van der Waals surface area contributed by atoms with Gasteiger partial charge in [0.2, 0.25) is 0 Å². The van der Waals surface area contributed by atoms with Crippen molar-refractivity contribution >= 4 is 39.4 Å². The Kier molecular flexibility index (Phi) is 4.39. The van der Waals surface area contributed by atoms with Crippen LogP contribution in [0.1, 0.15) is 31.2 Å². The van der Waals surface area contributed by atoms with E-state index in [2.05, 4.69) is 42.0 Å². The quantitative estimate of drug-likeness (QED) is 0.828. The lowest BCUT2D eigenvalue weighted by Crippen LogP contribution is -2.19. The predicted molar refractivity (Wildman–Crippen MR) is 95.4 cm³/mol. The molecule has 2 bridgehead atoms. The van der Waals surface area contributed by atoms with Crippen LogP contribution in [-0.2, 0) is 0 Å². The molecule has 1 aromatic heterocycles. The zero-order valence-corrected chi connectivity index (χ0v) is 14.0. The van der Waals surface area contributed by atoms with Crippen molar-refractivity contribution in [3.05, 3.63) is 40.8 Å². The Labute approximate surface area is 136 Å². The molecule has 2 aliphatic carbocycles. The van der Waals surface area contributed by atoms with Crippen LogP contribution >= 0.6 is 23.7 Å². The van der Waals surface area contributed by atoms with Gasteiger partial charge in [-0.05, 0) is 72.5 Å². The van der Waals surface area contributed by atoms with Crippen LogP contribution in [0, 0.1) is 11.8 Å². The third kappa shape index (κ3) is 2.54. The Morgan fingerprint density at radius 1 is 1.24 bits per heavy atom. The highest BCUT2D eigenvalue weighted by Crippen LogP contribution is 2.50. The maximum Gasteiger partial charge on any atom is 0.0417 e. The number of rotatable bonds is 3. The van der Waals surface area contributed by atoms with Crippen molar-refractivity contribution in [1.82, 2.24) is 5.32 Å². The Morgan fingerprint density at radius 3 is 3.00 bits per heavy atom. The summed E-state index contributed by atoms with van der Waals surface area (Å²) in [6.45, 7) is 1.06. The zero-order chi connectivity index (χ0) is 13.5. The molecule has 112 valence electrons. The molecule has 1 unspecified atom stereocenters. The van der Waals surface area contributed by atoms with Gasteiger partial charge in [0.1, 0.15) is 0 Å². The first-order valence-corrected chi connectivity index (χ1v) is 8.58. The van der Waals surface area contributed by atoms with E-state index in [-0.39, 0.29) is 12.4 Å². The van der Waals surface area contributed by atoms with E-state index < -0.39 is 0 Å². The summed E-state index contributed by atoms with van der Waals surface area (Å²) in [6, 6.07) is 9.08. The minimum absolute atomic E-state index is 0. The second-order valence-corrected chi connectivity index (χ2v) is 7.19. The summed E-state index contributed by atoms with van der Waals surface area (Å²) in [7, 11) is 2.08. The average molecular weight is 320 g/mol. The summed E-state index contributed by atoms with van der Waals surface area (Å²) in [5, 5.41) is 7.03. The van der Waals surface area contributed by atoms with Gasteiger partial charge < -0.3 is 5.32 Å². The van der Waals surface area contributed by atoms with E-state index in [4.69, 9.17) is 0 Å². The number of halogens is 1. The molecular formula is C18H22ClNS. The van der Waals surface area contributed by atoms with Gasteiger partial charge in [-0.25, -0.2) is 0 Å². The van der Waals surface area contributed by atoms with Crippen LogP contribution in [0.15, 0.2) is 35.2 Å². The Bertz CT molecular complexity index is 673. The molecule has 0 spiro atoms. The standard InChI is InChI=1S/C18H21NS.ClH/c1-19-11-15-10-12-5-6-14(9-12)17(15)16-4-2-3-13-7-8-20-18(13)16;/h2-4,7-8,12,14,19H,5-6,9-11H2,1H3;1H/t12?,14-;/m0./s1. The lowest BCUT2D eigenvalue weighted by molar-refractivity contribution is 0.503. The topological polar surface area (TPSA) is 12.0 Å². The molecule has 4 rings (SSSR count). The fraction of sp³-hybridized carbons (Fsp3) is 0.444. The van der Waals surface area contributed by atoms with Crippen LogP contribution in [-0.4, -0.2) is 13.6 Å². The molecule has 1 N–H and O–H groups in total. The van der Waals surface area contributed by atoms with Gasteiger partial charge in [-0.3, -0.25) is 0 Å². The van der Waals surface area contributed by atoms with Gasteiger partial charge in [-0.15, -0.1) is 23.7 Å². The normalized spacial score (nSPS) is 24.4. The molecule has 21 heavy (non-hydrogen) atoms. The lowest BCUT2D eigenvalue weighted by atomic mass is 9.79. The van der Waals surface area contributed by atoms with E-state index in [0.29, 0.717) is 0 Å². The van der Waals surface area contributed by atoms with Gasteiger partial charge >= 0.3 is 0 Å². The molecule has 0 radical (unpaired) electrons. The first-order chi connectivity index (χ1) is 9.86. The molecule has 1 heterocycles. The minimum atomic E-state index is 0. The van der Waals surface area contributed by atoms with E-state index in [1.165, 1.54) is 41.3 Å². The molecule has 0 aliphatic heterocycles. The smallest absolute Gasteiger partial charge is 0.0417 e. The third-order valence-corrected chi connectivity index (χ3v) is 5.99. The number of hydrogen-bond acceptors (Lipinski definition) is 2. The monoisotopic (exact) mass is 319 g/mol. The molecule has 1 saturated carbocycles. The van der Waals surface area contributed by atoms with E-state index in [0.717, 1.165) is 18.4 Å². The first-order valence-electron chi connectivity index (χ1n) is 7.70. The van der Waals surface area contributed by atoms with Gasteiger partial charge in [0, 0.05) is 11.2 Å². The van der Waals surface area contributed by atoms with Crippen molar-refractivity contribution in [3.63, 3.8) is 0 Å². The van der Waals surface area contributed by atoms with E-state index >= 15 is 0 Å². The molecule has 1 nitrogen and oxygen atoms in total. The number of hydrogen-bond donors (Lipinski definition) is 1. The van der Waals surface area contributed by atoms with Crippen LogP contribution in [0.25, 0.3) is 15.7 Å². The number of fused-ring (bicyclic) bond motifs is 3.